The van der Waals surface area contributed by atoms with E-state index in [2.05, 4.69) is 19.8 Å². The number of ether oxygens (including phenoxy) is 1. The van der Waals surface area contributed by atoms with E-state index in [1.807, 2.05) is 19.9 Å². The minimum atomic E-state index is 0.734. The lowest BCUT2D eigenvalue weighted by Gasteiger charge is -2.29. The van der Waals surface area contributed by atoms with Crippen LogP contribution in [0.1, 0.15) is 17.8 Å². The number of hydrogen-bond acceptors (Lipinski definition) is 5. The van der Waals surface area contributed by atoms with E-state index in [-0.39, 0.29) is 0 Å². The fourth-order valence-corrected chi connectivity index (χ4v) is 3.16. The van der Waals surface area contributed by atoms with Gasteiger partial charge in [-0.3, -0.25) is 4.90 Å². The molecule has 0 bridgehead atoms. The van der Waals surface area contributed by atoms with Crippen molar-refractivity contribution >= 4 is 5.95 Å². The Morgan fingerprint density at radius 2 is 1.85 bits per heavy atom. The van der Waals surface area contributed by atoms with Crippen molar-refractivity contribution in [3.63, 3.8) is 0 Å². The second-order valence-electron chi connectivity index (χ2n) is 5.96. The van der Waals surface area contributed by atoms with Crippen LogP contribution >= 0.6 is 0 Å². The minimum absolute atomic E-state index is 0.734. The first-order valence-corrected chi connectivity index (χ1v) is 7.58. The van der Waals surface area contributed by atoms with Gasteiger partial charge in [-0.15, -0.1) is 0 Å². The van der Waals surface area contributed by atoms with Crippen LogP contribution in [0.25, 0.3) is 0 Å². The van der Waals surface area contributed by atoms with Crippen molar-refractivity contribution in [3.05, 3.63) is 17.5 Å². The number of morpholine rings is 1. The highest BCUT2D eigenvalue weighted by Gasteiger charge is 2.26. The second kappa shape index (κ2) is 6.06. The molecule has 5 nitrogen and oxygen atoms in total. The lowest BCUT2D eigenvalue weighted by Crippen LogP contribution is -2.40. The van der Waals surface area contributed by atoms with Crippen LogP contribution in [0.5, 0.6) is 0 Å². The molecule has 3 rings (SSSR count). The molecule has 3 heterocycles. The first kappa shape index (κ1) is 13.8. The van der Waals surface area contributed by atoms with Gasteiger partial charge in [-0.25, -0.2) is 9.97 Å². The molecule has 1 unspecified atom stereocenters. The predicted molar refractivity (Wildman–Crippen MR) is 79.1 cm³/mol. The lowest BCUT2D eigenvalue weighted by molar-refractivity contribution is 0.0320. The maximum absolute atomic E-state index is 5.41. The van der Waals surface area contributed by atoms with Crippen molar-refractivity contribution in [2.24, 2.45) is 5.92 Å². The van der Waals surface area contributed by atoms with Gasteiger partial charge in [0.15, 0.2) is 0 Å². The van der Waals surface area contributed by atoms with Crippen molar-refractivity contribution in [2.75, 3.05) is 50.8 Å². The summed E-state index contributed by atoms with van der Waals surface area (Å²) in [4.78, 5) is 14.0. The highest BCUT2D eigenvalue weighted by molar-refractivity contribution is 5.33. The zero-order valence-corrected chi connectivity index (χ0v) is 12.5. The minimum Gasteiger partial charge on any atom is -0.379 e. The van der Waals surface area contributed by atoms with Gasteiger partial charge in [0, 0.05) is 44.1 Å². The van der Waals surface area contributed by atoms with E-state index in [0.29, 0.717) is 0 Å². The number of rotatable bonds is 3. The molecule has 0 aliphatic carbocycles. The van der Waals surface area contributed by atoms with E-state index >= 15 is 0 Å². The molecule has 0 spiro atoms. The van der Waals surface area contributed by atoms with E-state index in [4.69, 9.17) is 4.74 Å². The summed E-state index contributed by atoms with van der Waals surface area (Å²) < 4.78 is 5.41. The van der Waals surface area contributed by atoms with Gasteiger partial charge in [0.25, 0.3) is 0 Å². The lowest BCUT2D eigenvalue weighted by atomic mass is 10.1. The summed E-state index contributed by atoms with van der Waals surface area (Å²) >= 11 is 0. The molecule has 2 fully saturated rings. The van der Waals surface area contributed by atoms with Gasteiger partial charge in [0.2, 0.25) is 5.95 Å². The third kappa shape index (κ3) is 3.27. The second-order valence-corrected chi connectivity index (χ2v) is 5.96. The molecule has 1 aromatic rings. The predicted octanol–water partition coefficient (Wildman–Crippen LogP) is 1.25. The Labute approximate surface area is 121 Å². The number of nitrogens with zero attached hydrogens (tertiary/aromatic N) is 4. The normalized spacial score (nSPS) is 24.3. The Bertz CT molecular complexity index is 439. The quantitative estimate of drug-likeness (QED) is 0.831. The van der Waals surface area contributed by atoms with Crippen LogP contribution in [0.2, 0.25) is 0 Å². The summed E-state index contributed by atoms with van der Waals surface area (Å²) in [5.74, 6) is 1.64. The van der Waals surface area contributed by atoms with Crippen molar-refractivity contribution < 1.29 is 4.74 Å². The topological polar surface area (TPSA) is 41.5 Å². The average molecular weight is 276 g/mol. The highest BCUT2D eigenvalue weighted by atomic mass is 16.5. The first-order chi connectivity index (χ1) is 9.70. The van der Waals surface area contributed by atoms with Crippen LogP contribution in [0, 0.1) is 19.8 Å². The van der Waals surface area contributed by atoms with Gasteiger partial charge in [0.05, 0.1) is 13.2 Å². The molecule has 20 heavy (non-hydrogen) atoms. The van der Waals surface area contributed by atoms with Crippen LogP contribution < -0.4 is 4.90 Å². The summed E-state index contributed by atoms with van der Waals surface area (Å²) in [5.41, 5.74) is 2.12. The fourth-order valence-electron chi connectivity index (χ4n) is 3.16. The molecular formula is C15H24N4O. The van der Waals surface area contributed by atoms with Gasteiger partial charge in [-0.05, 0) is 32.3 Å². The zero-order valence-electron chi connectivity index (χ0n) is 12.5. The first-order valence-electron chi connectivity index (χ1n) is 7.58. The number of hydrogen-bond donors (Lipinski definition) is 0. The molecule has 5 heteroatoms. The Kier molecular flexibility index (Phi) is 4.17. The largest absolute Gasteiger partial charge is 0.379 e. The van der Waals surface area contributed by atoms with Gasteiger partial charge in [-0.1, -0.05) is 0 Å². The van der Waals surface area contributed by atoms with E-state index < -0.39 is 0 Å². The molecule has 2 aliphatic heterocycles. The summed E-state index contributed by atoms with van der Waals surface area (Å²) in [7, 11) is 0. The maximum atomic E-state index is 5.41. The molecule has 0 aromatic carbocycles. The van der Waals surface area contributed by atoms with E-state index in [1.54, 1.807) is 0 Å². The monoisotopic (exact) mass is 276 g/mol. The Hall–Kier alpha value is -1.20. The average Bonchev–Trinajstić information content (AvgIpc) is 2.87. The van der Waals surface area contributed by atoms with Crippen molar-refractivity contribution in [1.29, 1.82) is 0 Å². The van der Waals surface area contributed by atoms with Crippen molar-refractivity contribution in [1.82, 2.24) is 14.9 Å². The molecule has 2 saturated heterocycles. The molecular weight excluding hydrogens is 252 g/mol. The molecule has 110 valence electrons. The Balaban J connectivity index is 1.58. The summed E-state index contributed by atoms with van der Waals surface area (Å²) in [6.45, 7) is 11.4. The maximum Gasteiger partial charge on any atom is 0.225 e. The summed E-state index contributed by atoms with van der Waals surface area (Å²) in [6, 6.07) is 2.03. The Morgan fingerprint density at radius 3 is 2.55 bits per heavy atom. The van der Waals surface area contributed by atoms with Crippen LogP contribution in [0.4, 0.5) is 5.95 Å². The third-order valence-corrected chi connectivity index (χ3v) is 4.16. The molecule has 0 saturated carbocycles. The smallest absolute Gasteiger partial charge is 0.225 e. The standard InChI is InChI=1S/C15H24N4O/c1-12-9-13(2)17-15(16-12)19-4-3-14(11-19)10-18-5-7-20-8-6-18/h9,14H,3-8,10-11H2,1-2H3. The molecule has 0 N–H and O–H groups in total. The van der Waals surface area contributed by atoms with Gasteiger partial charge in [0.1, 0.15) is 0 Å². The molecule has 1 atom stereocenters. The summed E-state index contributed by atoms with van der Waals surface area (Å²) in [6.07, 6.45) is 1.24. The fraction of sp³-hybridized carbons (Fsp3) is 0.733. The van der Waals surface area contributed by atoms with Crippen LogP contribution in [0.3, 0.4) is 0 Å². The van der Waals surface area contributed by atoms with Gasteiger partial charge < -0.3 is 9.64 Å². The number of aryl methyl sites for hydroxylation is 2. The van der Waals surface area contributed by atoms with E-state index in [9.17, 15) is 0 Å². The van der Waals surface area contributed by atoms with E-state index in [1.165, 1.54) is 13.0 Å². The molecule has 2 aliphatic rings. The zero-order chi connectivity index (χ0) is 13.9. The Morgan fingerprint density at radius 1 is 1.15 bits per heavy atom. The van der Waals surface area contributed by atoms with Crippen LogP contribution in [-0.2, 0) is 4.74 Å². The summed E-state index contributed by atoms with van der Waals surface area (Å²) in [5, 5.41) is 0. The van der Waals surface area contributed by atoms with Crippen LogP contribution in [0.15, 0.2) is 6.07 Å². The van der Waals surface area contributed by atoms with E-state index in [0.717, 1.165) is 62.6 Å². The van der Waals surface area contributed by atoms with Gasteiger partial charge >= 0.3 is 0 Å². The number of anilines is 1. The highest BCUT2D eigenvalue weighted by Crippen LogP contribution is 2.22. The molecule has 0 radical (unpaired) electrons. The molecule has 1 aromatic heterocycles. The van der Waals surface area contributed by atoms with Crippen molar-refractivity contribution in [2.45, 2.75) is 20.3 Å². The number of aromatic nitrogens is 2. The SMILES string of the molecule is Cc1cc(C)nc(N2CCC(CN3CCOCC3)C2)n1. The molecule has 0 amide bonds. The van der Waals surface area contributed by atoms with Gasteiger partial charge in [-0.2, -0.15) is 0 Å². The third-order valence-electron chi connectivity index (χ3n) is 4.16. The van der Waals surface area contributed by atoms with Crippen molar-refractivity contribution in [3.8, 4) is 0 Å². The van der Waals surface area contributed by atoms with Crippen LogP contribution in [-0.4, -0.2) is 60.8 Å².